The maximum Gasteiger partial charge on any atom is 0.162 e. The molecule has 2 aliphatic heterocycles. The van der Waals surface area contributed by atoms with E-state index in [4.69, 9.17) is 21.1 Å². The fraction of sp³-hybridized carbons (Fsp3) is 0.538. The van der Waals surface area contributed by atoms with E-state index in [-0.39, 0.29) is 0 Å². The fourth-order valence-electron chi connectivity index (χ4n) is 2.42. The third-order valence-electron chi connectivity index (χ3n) is 3.30. The van der Waals surface area contributed by atoms with Crippen molar-refractivity contribution >= 4 is 11.6 Å². The first-order valence-electron chi connectivity index (χ1n) is 6.17. The summed E-state index contributed by atoms with van der Waals surface area (Å²) in [7, 11) is 0. The highest BCUT2D eigenvalue weighted by atomic mass is 35.5. The first-order chi connectivity index (χ1) is 8.34. The molecule has 0 bridgehead atoms. The van der Waals surface area contributed by atoms with Crippen LogP contribution in [0.5, 0.6) is 11.5 Å². The van der Waals surface area contributed by atoms with Crippen molar-refractivity contribution in [3.63, 3.8) is 0 Å². The van der Waals surface area contributed by atoms with Crippen LogP contribution in [-0.4, -0.2) is 19.8 Å². The number of fused-ring (bicyclic) bond motifs is 1. The summed E-state index contributed by atoms with van der Waals surface area (Å²) in [5, 5.41) is 4.23. The van der Waals surface area contributed by atoms with Crippen molar-refractivity contribution in [2.45, 2.75) is 25.3 Å². The molecule has 3 nitrogen and oxygen atoms in total. The summed E-state index contributed by atoms with van der Waals surface area (Å²) < 4.78 is 11.3. The van der Waals surface area contributed by atoms with Crippen LogP contribution in [0, 0.1) is 0 Å². The topological polar surface area (TPSA) is 30.5 Å². The molecule has 1 atom stereocenters. The Kier molecular flexibility index (Phi) is 3.12. The highest BCUT2D eigenvalue weighted by Crippen LogP contribution is 2.39. The highest BCUT2D eigenvalue weighted by Gasteiger charge is 2.22. The second kappa shape index (κ2) is 4.75. The summed E-state index contributed by atoms with van der Waals surface area (Å²) in [6.45, 7) is 2.48. The van der Waals surface area contributed by atoms with E-state index in [0.29, 0.717) is 19.3 Å². The van der Waals surface area contributed by atoms with Crippen LogP contribution in [0.15, 0.2) is 12.1 Å². The minimum Gasteiger partial charge on any atom is -0.490 e. The van der Waals surface area contributed by atoms with Crippen LogP contribution in [-0.2, 0) is 0 Å². The van der Waals surface area contributed by atoms with Crippen molar-refractivity contribution in [2.75, 3.05) is 19.8 Å². The molecule has 1 N–H and O–H groups in total. The number of halogens is 1. The van der Waals surface area contributed by atoms with Gasteiger partial charge in [0.15, 0.2) is 11.5 Å². The second-order valence-corrected chi connectivity index (χ2v) is 4.93. The van der Waals surface area contributed by atoms with Crippen molar-refractivity contribution in [1.29, 1.82) is 0 Å². The molecule has 1 unspecified atom stereocenters. The summed E-state index contributed by atoms with van der Waals surface area (Å²) in [4.78, 5) is 0. The van der Waals surface area contributed by atoms with Gasteiger partial charge in [-0.1, -0.05) is 11.6 Å². The lowest BCUT2D eigenvalue weighted by Crippen LogP contribution is -2.13. The third-order valence-corrected chi connectivity index (χ3v) is 3.63. The van der Waals surface area contributed by atoms with Gasteiger partial charge in [0.25, 0.3) is 0 Å². The number of benzene rings is 1. The van der Waals surface area contributed by atoms with Gasteiger partial charge in [-0.15, -0.1) is 0 Å². The molecule has 2 aliphatic rings. The highest BCUT2D eigenvalue weighted by molar-refractivity contribution is 6.31. The van der Waals surface area contributed by atoms with Crippen molar-refractivity contribution < 1.29 is 9.47 Å². The monoisotopic (exact) mass is 253 g/mol. The molecule has 0 aromatic heterocycles. The van der Waals surface area contributed by atoms with E-state index in [2.05, 4.69) is 5.32 Å². The van der Waals surface area contributed by atoms with Crippen molar-refractivity contribution in [3.8, 4) is 11.5 Å². The molecule has 2 heterocycles. The smallest absolute Gasteiger partial charge is 0.162 e. The number of hydrogen-bond acceptors (Lipinski definition) is 3. The Balaban J connectivity index is 1.96. The maximum atomic E-state index is 6.32. The molecule has 1 aromatic carbocycles. The minimum absolute atomic E-state index is 0.361. The molecule has 1 aromatic rings. The Morgan fingerprint density at radius 2 is 1.88 bits per heavy atom. The first-order valence-corrected chi connectivity index (χ1v) is 6.55. The summed E-state index contributed by atoms with van der Waals surface area (Å²) in [6.07, 6.45) is 3.26. The van der Waals surface area contributed by atoms with Gasteiger partial charge in [-0.3, -0.25) is 0 Å². The van der Waals surface area contributed by atoms with Gasteiger partial charge in [0, 0.05) is 23.6 Å². The van der Waals surface area contributed by atoms with Gasteiger partial charge in [0.1, 0.15) is 0 Å². The maximum absolute atomic E-state index is 6.32. The first kappa shape index (κ1) is 11.2. The Morgan fingerprint density at radius 1 is 1.12 bits per heavy atom. The zero-order valence-electron chi connectivity index (χ0n) is 9.67. The van der Waals surface area contributed by atoms with Crippen molar-refractivity contribution in [1.82, 2.24) is 5.32 Å². The number of rotatable bonds is 1. The number of nitrogens with one attached hydrogen (secondary N) is 1. The lowest BCUT2D eigenvalue weighted by Gasteiger charge is -2.16. The van der Waals surface area contributed by atoms with Crippen LogP contribution in [0.25, 0.3) is 0 Å². The van der Waals surface area contributed by atoms with Crippen LogP contribution in [0.1, 0.15) is 30.9 Å². The largest absolute Gasteiger partial charge is 0.490 e. The molecular formula is C13H16ClNO2. The fourth-order valence-corrected chi connectivity index (χ4v) is 2.70. The molecular weight excluding hydrogens is 238 g/mol. The predicted molar refractivity (Wildman–Crippen MR) is 67.0 cm³/mol. The van der Waals surface area contributed by atoms with Crippen LogP contribution >= 0.6 is 11.6 Å². The van der Waals surface area contributed by atoms with Gasteiger partial charge in [-0.05, 0) is 31.0 Å². The van der Waals surface area contributed by atoms with E-state index in [0.717, 1.165) is 41.5 Å². The zero-order valence-corrected chi connectivity index (χ0v) is 10.4. The average Bonchev–Trinajstić information content (AvgIpc) is 2.75. The quantitative estimate of drug-likeness (QED) is 0.835. The average molecular weight is 254 g/mol. The standard InChI is InChI=1S/C13H16ClNO2/c14-10-8-13-12(16-5-2-6-17-13)7-9(10)11-3-1-4-15-11/h7-8,11,15H,1-6H2. The molecule has 92 valence electrons. The Labute approximate surface area is 106 Å². The normalized spacial score (nSPS) is 23.5. The lowest BCUT2D eigenvalue weighted by atomic mass is 10.0. The Hall–Kier alpha value is -0.930. The van der Waals surface area contributed by atoms with Gasteiger partial charge in [-0.2, -0.15) is 0 Å². The third kappa shape index (κ3) is 2.22. The zero-order chi connectivity index (χ0) is 11.7. The van der Waals surface area contributed by atoms with Crippen LogP contribution in [0.2, 0.25) is 5.02 Å². The SMILES string of the molecule is Clc1cc2c(cc1C1CCCN1)OCCCO2. The summed E-state index contributed by atoms with van der Waals surface area (Å²) in [5.74, 6) is 1.60. The van der Waals surface area contributed by atoms with E-state index in [9.17, 15) is 0 Å². The van der Waals surface area contributed by atoms with Crippen LogP contribution in [0.4, 0.5) is 0 Å². The molecule has 0 amide bonds. The van der Waals surface area contributed by atoms with E-state index >= 15 is 0 Å². The number of hydrogen-bond donors (Lipinski definition) is 1. The minimum atomic E-state index is 0.361. The molecule has 17 heavy (non-hydrogen) atoms. The van der Waals surface area contributed by atoms with E-state index < -0.39 is 0 Å². The van der Waals surface area contributed by atoms with E-state index in [1.807, 2.05) is 12.1 Å². The van der Waals surface area contributed by atoms with Crippen LogP contribution in [0.3, 0.4) is 0 Å². The van der Waals surface area contributed by atoms with Gasteiger partial charge >= 0.3 is 0 Å². The molecule has 0 aliphatic carbocycles. The van der Waals surface area contributed by atoms with Gasteiger partial charge < -0.3 is 14.8 Å². The molecule has 4 heteroatoms. The molecule has 1 fully saturated rings. The van der Waals surface area contributed by atoms with Crippen molar-refractivity contribution in [2.24, 2.45) is 0 Å². The molecule has 0 spiro atoms. The van der Waals surface area contributed by atoms with E-state index in [1.54, 1.807) is 0 Å². The van der Waals surface area contributed by atoms with Gasteiger partial charge in [0.05, 0.1) is 13.2 Å². The summed E-state index contributed by atoms with van der Waals surface area (Å²) >= 11 is 6.32. The molecule has 0 radical (unpaired) electrons. The van der Waals surface area contributed by atoms with Gasteiger partial charge in [-0.25, -0.2) is 0 Å². The number of ether oxygens (including phenoxy) is 2. The van der Waals surface area contributed by atoms with Crippen LogP contribution < -0.4 is 14.8 Å². The second-order valence-electron chi connectivity index (χ2n) is 4.52. The Bertz CT molecular complexity index is 416. The van der Waals surface area contributed by atoms with Gasteiger partial charge in [0.2, 0.25) is 0 Å². The molecule has 3 rings (SSSR count). The molecule has 0 saturated carbocycles. The lowest BCUT2D eigenvalue weighted by molar-refractivity contribution is 0.297. The molecule has 1 saturated heterocycles. The van der Waals surface area contributed by atoms with Crippen molar-refractivity contribution in [3.05, 3.63) is 22.7 Å². The summed E-state index contributed by atoms with van der Waals surface area (Å²) in [5.41, 5.74) is 1.13. The Morgan fingerprint density at radius 3 is 2.59 bits per heavy atom. The summed E-state index contributed by atoms with van der Waals surface area (Å²) in [6, 6.07) is 4.28. The van der Waals surface area contributed by atoms with E-state index in [1.165, 1.54) is 6.42 Å². The predicted octanol–water partition coefficient (Wildman–Crippen LogP) is 2.93.